The number of ether oxygens (including phenoxy) is 2. The number of benzene rings is 2. The van der Waals surface area contributed by atoms with Crippen LogP contribution in [0.1, 0.15) is 53.0 Å². The maximum atomic E-state index is 13.6. The topological polar surface area (TPSA) is 73.7 Å². The van der Waals surface area contributed by atoms with Crippen LogP contribution in [-0.4, -0.2) is 53.1 Å². The van der Waals surface area contributed by atoms with E-state index in [0.717, 1.165) is 48.5 Å². The smallest absolute Gasteiger partial charge is 0.278 e. The third-order valence-electron chi connectivity index (χ3n) is 6.44. The number of carbonyl (C=O) groups is 2. The zero-order valence-electron chi connectivity index (χ0n) is 19.1. The van der Waals surface area contributed by atoms with Crippen molar-refractivity contribution in [1.82, 2.24) is 14.7 Å². The molecule has 1 spiro atoms. The minimum atomic E-state index is -0.502. The number of para-hydroxylation sites is 1. The monoisotopic (exact) mass is 445 g/mol. The zero-order chi connectivity index (χ0) is 23.2. The first-order valence-electron chi connectivity index (χ1n) is 11.3. The molecular weight excluding hydrogens is 418 g/mol. The molecule has 0 aliphatic carbocycles. The van der Waals surface area contributed by atoms with E-state index in [0.29, 0.717) is 23.2 Å². The fourth-order valence-electron chi connectivity index (χ4n) is 4.72. The van der Waals surface area contributed by atoms with Crippen molar-refractivity contribution in [3.05, 3.63) is 65.4 Å². The van der Waals surface area contributed by atoms with Gasteiger partial charge in [0.15, 0.2) is 6.29 Å². The predicted octanol–water partition coefficient (Wildman–Crippen LogP) is 4.15. The highest BCUT2D eigenvalue weighted by Gasteiger charge is 2.45. The molecule has 2 aliphatic rings. The Kier molecular flexibility index (Phi) is 5.29. The average Bonchev–Trinajstić information content (AvgIpc) is 3.27. The standard InChI is InChI=1S/C26H27N3O4/c1-17(2)32-22-9-8-18(14-19(22)16-30)25(31)29-24-20-6-4-5-7-23(20)33-26(21(24)15-27-29)10-12-28(3)13-11-26/h4-9,14-17H,10-13H2,1-3H3. The van der Waals surface area contributed by atoms with Gasteiger partial charge in [-0.05, 0) is 51.2 Å². The van der Waals surface area contributed by atoms with Crippen LogP contribution in [0.4, 0.5) is 0 Å². The van der Waals surface area contributed by atoms with Crippen LogP contribution in [-0.2, 0) is 5.60 Å². The number of hydrogen-bond donors (Lipinski definition) is 0. The maximum absolute atomic E-state index is 13.6. The molecule has 1 aromatic heterocycles. The van der Waals surface area contributed by atoms with Crippen LogP contribution in [0.5, 0.6) is 11.5 Å². The molecular formula is C26H27N3O4. The minimum absolute atomic E-state index is 0.0781. The van der Waals surface area contributed by atoms with Crippen LogP contribution < -0.4 is 9.47 Å². The molecule has 2 aromatic carbocycles. The van der Waals surface area contributed by atoms with Crippen LogP contribution in [0.3, 0.4) is 0 Å². The van der Waals surface area contributed by atoms with Gasteiger partial charge < -0.3 is 14.4 Å². The Hall–Kier alpha value is -3.45. The maximum Gasteiger partial charge on any atom is 0.278 e. The highest BCUT2D eigenvalue weighted by molar-refractivity contribution is 6.00. The second-order valence-corrected chi connectivity index (χ2v) is 9.06. The van der Waals surface area contributed by atoms with Crippen molar-refractivity contribution < 1.29 is 19.1 Å². The van der Waals surface area contributed by atoms with Gasteiger partial charge in [-0.3, -0.25) is 9.59 Å². The fourth-order valence-corrected chi connectivity index (χ4v) is 4.72. The first-order valence-corrected chi connectivity index (χ1v) is 11.3. The van der Waals surface area contributed by atoms with Crippen LogP contribution in [0.2, 0.25) is 0 Å². The van der Waals surface area contributed by atoms with E-state index in [4.69, 9.17) is 9.47 Å². The molecule has 7 nitrogen and oxygen atoms in total. The molecule has 3 heterocycles. The number of carbonyl (C=O) groups excluding carboxylic acids is 2. The quantitative estimate of drug-likeness (QED) is 0.562. The van der Waals surface area contributed by atoms with Crippen molar-refractivity contribution in [1.29, 1.82) is 0 Å². The second-order valence-electron chi connectivity index (χ2n) is 9.06. The Labute approximate surface area is 192 Å². The van der Waals surface area contributed by atoms with Crippen LogP contribution in [0, 0.1) is 0 Å². The first kappa shape index (κ1) is 21.4. The third-order valence-corrected chi connectivity index (χ3v) is 6.44. The predicted molar refractivity (Wildman–Crippen MR) is 124 cm³/mol. The van der Waals surface area contributed by atoms with Crippen molar-refractivity contribution in [2.24, 2.45) is 0 Å². The van der Waals surface area contributed by atoms with Gasteiger partial charge in [0.05, 0.1) is 23.6 Å². The Bertz CT molecular complexity index is 1220. The van der Waals surface area contributed by atoms with Crippen LogP contribution in [0.15, 0.2) is 48.7 Å². The van der Waals surface area contributed by atoms with Gasteiger partial charge in [-0.15, -0.1) is 0 Å². The molecule has 2 aliphatic heterocycles. The third kappa shape index (κ3) is 3.62. The van der Waals surface area contributed by atoms with E-state index < -0.39 is 5.60 Å². The molecule has 0 N–H and O–H groups in total. The summed E-state index contributed by atoms with van der Waals surface area (Å²) in [5, 5.41) is 4.52. The summed E-state index contributed by atoms with van der Waals surface area (Å²) >= 11 is 0. The van der Waals surface area contributed by atoms with Crippen LogP contribution in [0.25, 0.3) is 11.3 Å². The highest BCUT2D eigenvalue weighted by atomic mass is 16.5. The van der Waals surface area contributed by atoms with Crippen molar-refractivity contribution in [3.8, 4) is 22.8 Å². The number of aromatic nitrogens is 2. The molecule has 170 valence electrons. The molecule has 1 fully saturated rings. The summed E-state index contributed by atoms with van der Waals surface area (Å²) in [4.78, 5) is 27.6. The molecule has 7 heteroatoms. The van der Waals surface area contributed by atoms with Gasteiger partial charge in [0.25, 0.3) is 5.91 Å². The molecule has 33 heavy (non-hydrogen) atoms. The number of aldehydes is 1. The highest BCUT2D eigenvalue weighted by Crippen LogP contribution is 2.49. The Morgan fingerprint density at radius 2 is 1.94 bits per heavy atom. The Balaban J connectivity index is 1.60. The number of piperidine rings is 1. The number of fused-ring (bicyclic) bond motifs is 4. The van der Waals surface area contributed by atoms with E-state index in [2.05, 4.69) is 17.0 Å². The summed E-state index contributed by atoms with van der Waals surface area (Å²) < 4.78 is 13.7. The fraction of sp³-hybridized carbons (Fsp3) is 0.346. The van der Waals surface area contributed by atoms with Crippen molar-refractivity contribution in [2.75, 3.05) is 20.1 Å². The second kappa shape index (κ2) is 8.15. The largest absolute Gasteiger partial charge is 0.490 e. The summed E-state index contributed by atoms with van der Waals surface area (Å²) in [6, 6.07) is 12.7. The first-order chi connectivity index (χ1) is 15.9. The molecule has 0 unspecified atom stereocenters. The number of likely N-dealkylation sites (tertiary alicyclic amines) is 1. The summed E-state index contributed by atoms with van der Waals surface area (Å²) in [6.45, 7) is 5.59. The SMILES string of the molecule is CC(C)Oc1ccc(C(=O)n2ncc3c2-c2ccccc2OC32CCN(C)CC2)cc1C=O. The molecule has 5 rings (SSSR count). The number of hydrogen-bond acceptors (Lipinski definition) is 6. The van der Waals surface area contributed by atoms with Crippen molar-refractivity contribution >= 4 is 12.2 Å². The normalized spacial score (nSPS) is 16.7. The Morgan fingerprint density at radius 3 is 2.67 bits per heavy atom. The molecule has 1 saturated heterocycles. The number of rotatable bonds is 4. The lowest BCUT2D eigenvalue weighted by Gasteiger charge is -2.43. The Morgan fingerprint density at radius 1 is 1.18 bits per heavy atom. The molecule has 0 bridgehead atoms. The van der Waals surface area contributed by atoms with Gasteiger partial charge in [-0.1, -0.05) is 12.1 Å². The van der Waals surface area contributed by atoms with Crippen molar-refractivity contribution in [2.45, 2.75) is 38.4 Å². The van der Waals surface area contributed by atoms with Gasteiger partial charge in [-0.2, -0.15) is 9.78 Å². The summed E-state index contributed by atoms with van der Waals surface area (Å²) in [6.07, 6.45) is 4.04. The minimum Gasteiger partial charge on any atom is -0.490 e. The van der Waals surface area contributed by atoms with Gasteiger partial charge >= 0.3 is 0 Å². The van der Waals surface area contributed by atoms with E-state index in [9.17, 15) is 9.59 Å². The van der Waals surface area contributed by atoms with Crippen LogP contribution >= 0.6 is 0 Å². The van der Waals surface area contributed by atoms with E-state index in [-0.39, 0.29) is 12.0 Å². The van der Waals surface area contributed by atoms with Crippen molar-refractivity contribution in [3.63, 3.8) is 0 Å². The summed E-state index contributed by atoms with van der Waals surface area (Å²) in [7, 11) is 2.11. The number of nitrogens with zero attached hydrogens (tertiary/aromatic N) is 3. The van der Waals surface area contributed by atoms with Gasteiger partial charge in [0, 0.05) is 42.6 Å². The molecule has 0 radical (unpaired) electrons. The molecule has 3 aromatic rings. The lowest BCUT2D eigenvalue weighted by atomic mass is 9.81. The molecule has 0 saturated carbocycles. The molecule has 0 atom stereocenters. The van der Waals surface area contributed by atoms with Gasteiger partial charge in [0.1, 0.15) is 17.1 Å². The van der Waals surface area contributed by atoms with E-state index in [1.165, 1.54) is 4.68 Å². The zero-order valence-corrected chi connectivity index (χ0v) is 19.1. The average molecular weight is 446 g/mol. The summed E-state index contributed by atoms with van der Waals surface area (Å²) in [5.41, 5.74) is 2.77. The van der Waals surface area contributed by atoms with Gasteiger partial charge in [-0.25, -0.2) is 0 Å². The molecule has 0 amide bonds. The lowest BCUT2D eigenvalue weighted by molar-refractivity contribution is 0.00165. The van der Waals surface area contributed by atoms with Gasteiger partial charge in [0.2, 0.25) is 0 Å². The lowest BCUT2D eigenvalue weighted by Crippen LogP contribution is -2.46. The summed E-state index contributed by atoms with van der Waals surface area (Å²) in [5.74, 6) is 0.927. The van der Waals surface area contributed by atoms with E-state index in [1.54, 1.807) is 24.4 Å². The van der Waals surface area contributed by atoms with E-state index >= 15 is 0 Å². The van der Waals surface area contributed by atoms with E-state index in [1.807, 2.05) is 38.1 Å².